The van der Waals surface area contributed by atoms with E-state index in [0.29, 0.717) is 30.5 Å². The van der Waals surface area contributed by atoms with Crippen LogP contribution in [0.5, 0.6) is 23.1 Å². The first kappa shape index (κ1) is 18.2. The number of rotatable bonds is 5. The van der Waals surface area contributed by atoms with Gasteiger partial charge in [-0.2, -0.15) is 0 Å². The van der Waals surface area contributed by atoms with Crippen LogP contribution in [0.2, 0.25) is 0 Å². The molecule has 0 aliphatic carbocycles. The van der Waals surface area contributed by atoms with Crippen LogP contribution in [0.15, 0.2) is 55.1 Å². The van der Waals surface area contributed by atoms with Crippen molar-refractivity contribution in [3.05, 3.63) is 66.2 Å². The van der Waals surface area contributed by atoms with Crippen molar-refractivity contribution in [2.75, 3.05) is 20.8 Å². The highest BCUT2D eigenvalue weighted by molar-refractivity contribution is 5.72. The summed E-state index contributed by atoms with van der Waals surface area (Å²) in [5.41, 5.74) is 3.61. The van der Waals surface area contributed by atoms with Gasteiger partial charge in [0.15, 0.2) is 23.3 Å². The van der Waals surface area contributed by atoms with Crippen LogP contribution < -0.4 is 18.9 Å². The molecule has 1 atom stereocenters. The zero-order valence-electron chi connectivity index (χ0n) is 16.6. The molecule has 1 aromatic carbocycles. The van der Waals surface area contributed by atoms with Gasteiger partial charge in [0.2, 0.25) is 5.88 Å². The summed E-state index contributed by atoms with van der Waals surface area (Å²) in [6, 6.07) is 11.6. The Morgan fingerprint density at radius 1 is 1.00 bits per heavy atom. The van der Waals surface area contributed by atoms with E-state index in [4.69, 9.17) is 18.9 Å². The highest BCUT2D eigenvalue weighted by atomic mass is 16.6. The van der Waals surface area contributed by atoms with Gasteiger partial charge in [-0.15, -0.1) is 0 Å². The first-order valence-corrected chi connectivity index (χ1v) is 9.50. The molecule has 0 N–H and O–H groups in total. The summed E-state index contributed by atoms with van der Waals surface area (Å²) in [4.78, 5) is 13.1. The normalized spacial score (nSPS) is 15.2. The number of pyridine rings is 2. The molecule has 0 spiro atoms. The van der Waals surface area contributed by atoms with Crippen molar-refractivity contribution in [2.24, 2.45) is 0 Å². The van der Waals surface area contributed by atoms with Gasteiger partial charge in [-0.1, -0.05) is 6.07 Å². The summed E-state index contributed by atoms with van der Waals surface area (Å²) < 4.78 is 24.4. The van der Waals surface area contributed by atoms with E-state index in [-0.39, 0.29) is 6.10 Å². The van der Waals surface area contributed by atoms with Gasteiger partial charge in [0.05, 0.1) is 33.3 Å². The summed E-state index contributed by atoms with van der Waals surface area (Å²) in [7, 11) is 3.21. The number of fused-ring (bicyclic) bond motifs is 2. The largest absolute Gasteiger partial charge is 0.495 e. The maximum atomic E-state index is 6.13. The lowest BCUT2D eigenvalue weighted by Gasteiger charge is -2.27. The number of ether oxygens (including phenoxy) is 4. The molecule has 0 saturated carbocycles. The molecule has 0 fully saturated rings. The van der Waals surface area contributed by atoms with E-state index in [2.05, 4.69) is 15.0 Å². The minimum atomic E-state index is -0.210. The SMILES string of the molecule is COc1cnc2c(c1)ncn2Cc1ccc2c(c1)OCC(c1ccc(OC)nc1)O2. The molecule has 30 heavy (non-hydrogen) atoms. The van der Waals surface area contributed by atoms with Crippen molar-refractivity contribution >= 4 is 11.2 Å². The maximum absolute atomic E-state index is 6.13. The quantitative estimate of drug-likeness (QED) is 0.504. The molecule has 0 saturated heterocycles. The topological polar surface area (TPSA) is 80.5 Å². The molecule has 0 bridgehead atoms. The van der Waals surface area contributed by atoms with Gasteiger partial charge in [-0.25, -0.2) is 15.0 Å². The van der Waals surface area contributed by atoms with Crippen molar-refractivity contribution in [1.82, 2.24) is 19.5 Å². The first-order chi connectivity index (χ1) is 14.7. The van der Waals surface area contributed by atoms with E-state index in [9.17, 15) is 0 Å². The smallest absolute Gasteiger partial charge is 0.212 e. The molecule has 1 aliphatic rings. The van der Waals surface area contributed by atoms with E-state index in [1.807, 2.05) is 41.0 Å². The van der Waals surface area contributed by atoms with Crippen LogP contribution in [0.25, 0.3) is 11.2 Å². The molecule has 1 unspecified atom stereocenters. The second kappa shape index (κ2) is 7.55. The zero-order chi connectivity index (χ0) is 20.5. The van der Waals surface area contributed by atoms with Crippen molar-refractivity contribution in [1.29, 1.82) is 0 Å². The van der Waals surface area contributed by atoms with Gasteiger partial charge < -0.3 is 23.5 Å². The highest BCUT2D eigenvalue weighted by Gasteiger charge is 2.23. The van der Waals surface area contributed by atoms with Crippen molar-refractivity contribution < 1.29 is 18.9 Å². The van der Waals surface area contributed by atoms with Gasteiger partial charge in [0.25, 0.3) is 0 Å². The van der Waals surface area contributed by atoms with Crippen LogP contribution in [0, 0.1) is 0 Å². The third-order valence-corrected chi connectivity index (χ3v) is 5.03. The van der Waals surface area contributed by atoms with Crippen LogP contribution in [-0.4, -0.2) is 40.3 Å². The molecule has 5 rings (SSSR count). The fourth-order valence-electron chi connectivity index (χ4n) is 3.44. The molecule has 4 aromatic rings. The molecule has 152 valence electrons. The van der Waals surface area contributed by atoms with Gasteiger partial charge >= 0.3 is 0 Å². The molecular formula is C22H20N4O4. The van der Waals surface area contributed by atoms with Crippen LogP contribution in [-0.2, 0) is 6.54 Å². The fourth-order valence-corrected chi connectivity index (χ4v) is 3.44. The summed E-state index contributed by atoms with van der Waals surface area (Å²) >= 11 is 0. The highest BCUT2D eigenvalue weighted by Crippen LogP contribution is 2.37. The number of hydrogen-bond donors (Lipinski definition) is 0. The Bertz CT molecular complexity index is 1190. The van der Waals surface area contributed by atoms with Crippen LogP contribution >= 0.6 is 0 Å². The Morgan fingerprint density at radius 3 is 2.73 bits per heavy atom. The minimum absolute atomic E-state index is 0.210. The number of nitrogens with zero attached hydrogens (tertiary/aromatic N) is 4. The van der Waals surface area contributed by atoms with Crippen LogP contribution in [0.1, 0.15) is 17.2 Å². The third-order valence-electron chi connectivity index (χ3n) is 5.03. The molecule has 0 radical (unpaired) electrons. The predicted octanol–water partition coefficient (Wildman–Crippen LogP) is 3.40. The summed E-state index contributed by atoms with van der Waals surface area (Å²) in [6.07, 6.45) is 5.01. The number of aromatic nitrogens is 4. The Labute approximate surface area is 173 Å². The van der Waals surface area contributed by atoms with Gasteiger partial charge in [0.1, 0.15) is 17.9 Å². The van der Waals surface area contributed by atoms with Crippen molar-refractivity contribution in [3.8, 4) is 23.1 Å². The zero-order valence-corrected chi connectivity index (χ0v) is 16.6. The van der Waals surface area contributed by atoms with E-state index < -0.39 is 0 Å². The predicted molar refractivity (Wildman–Crippen MR) is 109 cm³/mol. The summed E-state index contributed by atoms with van der Waals surface area (Å²) in [5.74, 6) is 2.70. The number of hydrogen-bond acceptors (Lipinski definition) is 7. The van der Waals surface area contributed by atoms with E-state index in [0.717, 1.165) is 28.0 Å². The summed E-state index contributed by atoms with van der Waals surface area (Å²) in [5, 5.41) is 0. The van der Waals surface area contributed by atoms with Gasteiger partial charge in [-0.3, -0.25) is 0 Å². The number of benzene rings is 1. The second-order valence-corrected chi connectivity index (χ2v) is 6.92. The monoisotopic (exact) mass is 404 g/mol. The molecule has 4 heterocycles. The summed E-state index contributed by atoms with van der Waals surface area (Å²) in [6.45, 7) is 1.04. The Kier molecular flexibility index (Phi) is 4.59. The molecule has 1 aliphatic heterocycles. The Hall–Kier alpha value is -3.81. The second-order valence-electron chi connectivity index (χ2n) is 6.92. The standard InChI is InChI=1S/C22H20N4O4/c1-27-16-8-17-22(24-10-16)26(13-25-17)11-14-3-5-18-19(7-14)29-12-20(30-18)15-4-6-21(28-2)23-9-15/h3-10,13,20H,11-12H2,1-2H3. The van der Waals surface area contributed by atoms with E-state index >= 15 is 0 Å². The molecule has 0 amide bonds. The average Bonchev–Trinajstić information content (AvgIpc) is 3.20. The third kappa shape index (κ3) is 3.36. The molecular weight excluding hydrogens is 384 g/mol. The van der Waals surface area contributed by atoms with Crippen molar-refractivity contribution in [2.45, 2.75) is 12.6 Å². The van der Waals surface area contributed by atoms with Gasteiger partial charge in [-0.05, 0) is 23.8 Å². The first-order valence-electron chi connectivity index (χ1n) is 9.50. The van der Waals surface area contributed by atoms with E-state index in [1.54, 1.807) is 32.9 Å². The Balaban J connectivity index is 1.34. The lowest BCUT2D eigenvalue weighted by Crippen LogP contribution is -2.21. The number of methoxy groups -OCH3 is 2. The fraction of sp³-hybridized carbons (Fsp3) is 0.227. The molecule has 8 heteroatoms. The Morgan fingerprint density at radius 2 is 1.93 bits per heavy atom. The van der Waals surface area contributed by atoms with Crippen LogP contribution in [0.3, 0.4) is 0 Å². The lowest BCUT2D eigenvalue weighted by molar-refractivity contribution is 0.0908. The molecule has 3 aromatic heterocycles. The maximum Gasteiger partial charge on any atom is 0.212 e. The average molecular weight is 404 g/mol. The lowest BCUT2D eigenvalue weighted by atomic mass is 10.1. The van der Waals surface area contributed by atoms with E-state index in [1.165, 1.54) is 0 Å². The van der Waals surface area contributed by atoms with Gasteiger partial charge in [0, 0.05) is 23.9 Å². The molecule has 8 nitrogen and oxygen atoms in total. The number of imidazole rings is 1. The van der Waals surface area contributed by atoms with Crippen LogP contribution in [0.4, 0.5) is 0 Å². The minimum Gasteiger partial charge on any atom is -0.495 e. The van der Waals surface area contributed by atoms with Crippen molar-refractivity contribution in [3.63, 3.8) is 0 Å².